The molecule has 192 valence electrons. The Balaban J connectivity index is 1.42. The van der Waals surface area contributed by atoms with Crippen molar-refractivity contribution in [1.82, 2.24) is 20.5 Å². The van der Waals surface area contributed by atoms with E-state index in [-0.39, 0.29) is 36.6 Å². The molecule has 1 spiro atoms. The molecule has 3 amide bonds. The molecule has 0 bridgehead atoms. The standard InChI is InChI=1S/C25H28F2N4O5/c26-13-20(32)18(11-14-5-8-28-22(14)33)30-23(34)21-25(6-2-7-25)36-10-9-31(21)24(35)19-12-15-16(27)3-1-4-17(15)29-19/h1,3-4,12,14,18,21,29H,2,5-11,13H2,(H,28,33)(H,30,34). The zero-order chi connectivity index (χ0) is 25.4. The third-order valence-corrected chi connectivity index (χ3v) is 7.60. The lowest BCUT2D eigenvalue weighted by Gasteiger charge is -2.53. The lowest BCUT2D eigenvalue weighted by molar-refractivity contribution is -0.184. The Kier molecular flexibility index (Phi) is 6.50. The maximum Gasteiger partial charge on any atom is 0.271 e. The monoisotopic (exact) mass is 502 g/mol. The molecule has 11 heteroatoms. The van der Waals surface area contributed by atoms with Gasteiger partial charge < -0.3 is 25.3 Å². The van der Waals surface area contributed by atoms with Crippen molar-refractivity contribution in [1.29, 1.82) is 0 Å². The fourth-order valence-electron chi connectivity index (χ4n) is 5.54. The van der Waals surface area contributed by atoms with Crippen molar-refractivity contribution in [2.24, 2.45) is 5.92 Å². The van der Waals surface area contributed by atoms with Crippen LogP contribution in [0.5, 0.6) is 0 Å². The minimum Gasteiger partial charge on any atom is -0.370 e. The quantitative estimate of drug-likeness (QED) is 0.532. The van der Waals surface area contributed by atoms with E-state index >= 15 is 0 Å². The minimum absolute atomic E-state index is 0.0177. The highest BCUT2D eigenvalue weighted by molar-refractivity contribution is 6.01. The van der Waals surface area contributed by atoms with Crippen LogP contribution in [0.3, 0.4) is 0 Å². The summed E-state index contributed by atoms with van der Waals surface area (Å²) in [5.41, 5.74) is -0.332. The van der Waals surface area contributed by atoms with E-state index in [1.54, 1.807) is 6.07 Å². The van der Waals surface area contributed by atoms with Gasteiger partial charge in [-0.3, -0.25) is 19.2 Å². The number of nitrogens with zero attached hydrogens (tertiary/aromatic N) is 1. The predicted molar refractivity (Wildman–Crippen MR) is 124 cm³/mol. The SMILES string of the molecule is O=C1NCCC1CC(NC(=O)C1N(C(=O)c2cc3c(F)cccc3[nH]2)CCOC12CCC2)C(=O)CF. The van der Waals surface area contributed by atoms with Gasteiger partial charge in [0.25, 0.3) is 5.91 Å². The molecule has 3 atom stereocenters. The van der Waals surface area contributed by atoms with Crippen molar-refractivity contribution in [3.63, 3.8) is 0 Å². The number of Topliss-reactive ketones (excluding diaryl/α,β-unsaturated/α-hetero) is 1. The number of alkyl halides is 1. The van der Waals surface area contributed by atoms with Gasteiger partial charge in [0.2, 0.25) is 11.8 Å². The number of aromatic nitrogens is 1. The fraction of sp³-hybridized carbons (Fsp3) is 0.520. The first-order chi connectivity index (χ1) is 17.3. The molecule has 1 aliphatic carbocycles. The number of ether oxygens (including phenoxy) is 1. The third-order valence-electron chi connectivity index (χ3n) is 7.60. The molecule has 3 heterocycles. The van der Waals surface area contributed by atoms with Gasteiger partial charge in [0.05, 0.1) is 18.2 Å². The minimum atomic E-state index is -1.28. The molecule has 2 saturated heterocycles. The van der Waals surface area contributed by atoms with E-state index < -0.39 is 53.7 Å². The summed E-state index contributed by atoms with van der Waals surface area (Å²) in [4.78, 5) is 55.9. The molecule has 3 N–H and O–H groups in total. The molecule has 5 rings (SSSR count). The first-order valence-corrected chi connectivity index (χ1v) is 12.2. The molecule has 1 aromatic carbocycles. The maximum atomic E-state index is 14.2. The van der Waals surface area contributed by atoms with E-state index in [9.17, 15) is 28.0 Å². The molecule has 3 aliphatic rings. The molecule has 3 unspecified atom stereocenters. The summed E-state index contributed by atoms with van der Waals surface area (Å²) < 4.78 is 33.6. The van der Waals surface area contributed by atoms with Crippen LogP contribution in [0.4, 0.5) is 8.78 Å². The smallest absolute Gasteiger partial charge is 0.271 e. The lowest BCUT2D eigenvalue weighted by Crippen LogP contribution is -2.69. The van der Waals surface area contributed by atoms with Crippen molar-refractivity contribution >= 4 is 34.4 Å². The molecule has 36 heavy (non-hydrogen) atoms. The highest BCUT2D eigenvalue weighted by atomic mass is 19.1. The van der Waals surface area contributed by atoms with Crippen LogP contribution in [-0.2, 0) is 19.1 Å². The highest BCUT2D eigenvalue weighted by Gasteiger charge is 2.55. The van der Waals surface area contributed by atoms with E-state index in [1.165, 1.54) is 23.1 Å². The summed E-state index contributed by atoms with van der Waals surface area (Å²) in [5, 5.41) is 5.56. The second-order valence-corrected chi connectivity index (χ2v) is 9.73. The van der Waals surface area contributed by atoms with E-state index in [2.05, 4.69) is 15.6 Å². The van der Waals surface area contributed by atoms with Gasteiger partial charge in [0, 0.05) is 29.9 Å². The van der Waals surface area contributed by atoms with Crippen molar-refractivity contribution in [3.8, 4) is 0 Å². The number of morpholine rings is 1. The topological polar surface area (TPSA) is 121 Å². The van der Waals surface area contributed by atoms with E-state index in [1.807, 2.05) is 0 Å². The zero-order valence-electron chi connectivity index (χ0n) is 19.6. The number of carbonyl (C=O) groups is 4. The first-order valence-electron chi connectivity index (χ1n) is 12.2. The van der Waals surface area contributed by atoms with Gasteiger partial charge >= 0.3 is 0 Å². The fourth-order valence-corrected chi connectivity index (χ4v) is 5.54. The Labute approximate surface area is 205 Å². The van der Waals surface area contributed by atoms with Crippen LogP contribution in [0.15, 0.2) is 24.3 Å². The maximum absolute atomic E-state index is 14.2. The number of hydrogen-bond donors (Lipinski definition) is 3. The number of hydrogen-bond acceptors (Lipinski definition) is 5. The molecule has 2 aromatic rings. The van der Waals surface area contributed by atoms with Crippen LogP contribution in [0.25, 0.3) is 10.9 Å². The van der Waals surface area contributed by atoms with Gasteiger partial charge in [0.15, 0.2) is 5.78 Å². The summed E-state index contributed by atoms with van der Waals surface area (Å²) in [6.45, 7) is -0.488. The van der Waals surface area contributed by atoms with Crippen LogP contribution in [0, 0.1) is 11.7 Å². The van der Waals surface area contributed by atoms with Gasteiger partial charge in [-0.25, -0.2) is 8.78 Å². The van der Waals surface area contributed by atoms with Crippen molar-refractivity contribution < 1.29 is 32.7 Å². The summed E-state index contributed by atoms with van der Waals surface area (Å²) in [5.74, 6) is -3.17. The molecule has 2 aliphatic heterocycles. The predicted octanol–water partition coefficient (Wildman–Crippen LogP) is 1.62. The second-order valence-electron chi connectivity index (χ2n) is 9.73. The number of benzene rings is 1. The average molecular weight is 503 g/mol. The van der Waals surface area contributed by atoms with Gasteiger partial charge in [0.1, 0.15) is 24.2 Å². The van der Waals surface area contributed by atoms with Crippen molar-refractivity contribution in [2.75, 3.05) is 26.4 Å². The number of carbonyl (C=O) groups excluding carboxylic acids is 4. The summed E-state index contributed by atoms with van der Waals surface area (Å²) in [7, 11) is 0. The summed E-state index contributed by atoms with van der Waals surface area (Å²) >= 11 is 0. The highest BCUT2D eigenvalue weighted by Crippen LogP contribution is 2.43. The van der Waals surface area contributed by atoms with Crippen LogP contribution >= 0.6 is 0 Å². The number of rotatable bonds is 7. The molecular weight excluding hydrogens is 474 g/mol. The number of H-pyrrole nitrogens is 1. The number of ketones is 1. The lowest BCUT2D eigenvalue weighted by atomic mass is 9.72. The van der Waals surface area contributed by atoms with Gasteiger partial charge in [-0.1, -0.05) is 6.07 Å². The van der Waals surface area contributed by atoms with E-state index in [0.29, 0.717) is 31.3 Å². The van der Waals surface area contributed by atoms with E-state index in [0.717, 1.165) is 6.42 Å². The van der Waals surface area contributed by atoms with Crippen LogP contribution in [0.2, 0.25) is 0 Å². The number of nitrogens with one attached hydrogen (secondary N) is 3. The van der Waals surface area contributed by atoms with Gasteiger partial charge in [-0.15, -0.1) is 0 Å². The number of amides is 3. The first kappa shape index (κ1) is 24.4. The Hall–Kier alpha value is -3.34. The number of fused-ring (bicyclic) bond motifs is 1. The largest absolute Gasteiger partial charge is 0.370 e. The Morgan fingerprint density at radius 2 is 2.08 bits per heavy atom. The normalized spacial score (nSPS) is 23.8. The Morgan fingerprint density at radius 3 is 2.72 bits per heavy atom. The molecular formula is C25H28F2N4O5. The van der Waals surface area contributed by atoms with E-state index in [4.69, 9.17) is 4.74 Å². The van der Waals surface area contributed by atoms with Gasteiger partial charge in [-0.05, 0) is 50.3 Å². The third kappa shape index (κ3) is 4.25. The summed E-state index contributed by atoms with van der Waals surface area (Å²) in [6, 6.07) is 3.64. The second kappa shape index (κ2) is 9.61. The molecule has 0 radical (unpaired) electrons. The van der Waals surface area contributed by atoms with Crippen LogP contribution in [0.1, 0.15) is 42.6 Å². The molecule has 1 aromatic heterocycles. The van der Waals surface area contributed by atoms with Crippen LogP contribution in [-0.4, -0.2) is 77.4 Å². The number of aromatic amines is 1. The zero-order valence-corrected chi connectivity index (χ0v) is 19.6. The Bertz CT molecular complexity index is 1210. The van der Waals surface area contributed by atoms with Crippen molar-refractivity contribution in [3.05, 3.63) is 35.8 Å². The van der Waals surface area contributed by atoms with Gasteiger partial charge in [-0.2, -0.15) is 0 Å². The average Bonchev–Trinajstić information content (AvgIpc) is 3.48. The molecule has 3 fully saturated rings. The summed E-state index contributed by atoms with van der Waals surface area (Å²) in [6.07, 6.45) is 2.36. The Morgan fingerprint density at radius 1 is 1.28 bits per heavy atom. The van der Waals surface area contributed by atoms with Crippen LogP contribution < -0.4 is 10.6 Å². The van der Waals surface area contributed by atoms with Crippen molar-refractivity contribution in [2.45, 2.75) is 49.8 Å². The number of halogens is 2. The molecule has 1 saturated carbocycles. The molecule has 9 nitrogen and oxygen atoms in total.